The van der Waals surface area contributed by atoms with Crippen molar-refractivity contribution < 1.29 is 4.92 Å². The van der Waals surface area contributed by atoms with Crippen molar-refractivity contribution in [2.75, 3.05) is 7.05 Å². The molecule has 0 atom stereocenters. The Bertz CT molecular complexity index is 670. The van der Waals surface area contributed by atoms with E-state index in [9.17, 15) is 10.1 Å². The number of aryl methyl sites for hydroxylation is 1. The van der Waals surface area contributed by atoms with Crippen LogP contribution in [0.3, 0.4) is 0 Å². The van der Waals surface area contributed by atoms with Gasteiger partial charge < -0.3 is 10.6 Å². The molecule has 0 amide bonds. The molecule has 2 N–H and O–H groups in total. The van der Waals surface area contributed by atoms with Gasteiger partial charge in [0.25, 0.3) is 5.69 Å². The van der Waals surface area contributed by atoms with E-state index >= 15 is 0 Å². The first kappa shape index (κ1) is 19.4. The Morgan fingerprint density at radius 1 is 1.17 bits per heavy atom. The lowest BCUT2D eigenvalue weighted by Crippen LogP contribution is -2.36. The van der Waals surface area contributed by atoms with Crippen molar-refractivity contribution in [2.45, 2.75) is 20.0 Å². The SMILES string of the molecule is CN=C(NCc1ccc([N+](=O)[O-])cc1)NCc1ccc(C)s1.I. The Morgan fingerprint density at radius 3 is 2.35 bits per heavy atom. The Balaban J connectivity index is 0.00000264. The number of rotatable bonds is 5. The van der Waals surface area contributed by atoms with Crippen molar-refractivity contribution in [3.05, 3.63) is 61.8 Å². The standard InChI is InChI=1S/C15H18N4O2S.HI/c1-11-3-8-14(22-11)10-18-15(16-2)17-9-12-4-6-13(7-5-12)19(20)21;/h3-8H,9-10H2,1-2H3,(H2,16,17,18);1H. The van der Waals surface area contributed by atoms with Gasteiger partial charge in [-0.3, -0.25) is 15.1 Å². The summed E-state index contributed by atoms with van der Waals surface area (Å²) in [6.07, 6.45) is 0. The van der Waals surface area contributed by atoms with Gasteiger partial charge in [-0.15, -0.1) is 35.3 Å². The van der Waals surface area contributed by atoms with Crippen LogP contribution >= 0.6 is 35.3 Å². The second kappa shape index (κ2) is 9.46. The summed E-state index contributed by atoms with van der Waals surface area (Å²) in [6, 6.07) is 10.7. The van der Waals surface area contributed by atoms with Crippen LogP contribution in [0.15, 0.2) is 41.4 Å². The summed E-state index contributed by atoms with van der Waals surface area (Å²) < 4.78 is 0. The third-order valence-electron chi connectivity index (χ3n) is 3.06. The van der Waals surface area contributed by atoms with E-state index in [4.69, 9.17) is 0 Å². The van der Waals surface area contributed by atoms with Crippen LogP contribution in [0.5, 0.6) is 0 Å². The van der Waals surface area contributed by atoms with Crippen molar-refractivity contribution in [1.29, 1.82) is 0 Å². The van der Waals surface area contributed by atoms with E-state index in [-0.39, 0.29) is 29.7 Å². The maximum Gasteiger partial charge on any atom is 0.269 e. The number of guanidine groups is 1. The van der Waals surface area contributed by atoms with E-state index in [1.165, 1.54) is 21.9 Å². The molecule has 0 unspecified atom stereocenters. The maximum atomic E-state index is 10.6. The molecule has 1 aromatic carbocycles. The van der Waals surface area contributed by atoms with Gasteiger partial charge in [-0.25, -0.2) is 0 Å². The molecule has 2 rings (SSSR count). The lowest BCUT2D eigenvalue weighted by molar-refractivity contribution is -0.384. The van der Waals surface area contributed by atoms with Gasteiger partial charge in [0.2, 0.25) is 0 Å². The van der Waals surface area contributed by atoms with Crippen molar-refractivity contribution in [3.63, 3.8) is 0 Å². The first-order valence-electron chi connectivity index (χ1n) is 6.81. The third-order valence-corrected chi connectivity index (χ3v) is 4.06. The topological polar surface area (TPSA) is 79.6 Å². The largest absolute Gasteiger partial charge is 0.352 e. The summed E-state index contributed by atoms with van der Waals surface area (Å²) in [4.78, 5) is 16.9. The van der Waals surface area contributed by atoms with Crippen LogP contribution in [0.25, 0.3) is 0 Å². The molecule has 0 saturated heterocycles. The van der Waals surface area contributed by atoms with Gasteiger partial charge in [-0.1, -0.05) is 12.1 Å². The zero-order valence-electron chi connectivity index (χ0n) is 12.9. The quantitative estimate of drug-likeness (QED) is 0.243. The molecule has 0 spiro atoms. The summed E-state index contributed by atoms with van der Waals surface area (Å²) in [6.45, 7) is 3.36. The molecule has 0 radical (unpaired) electrons. The number of nitrogens with zero attached hydrogens (tertiary/aromatic N) is 2. The second-order valence-corrected chi connectivity index (χ2v) is 6.09. The van der Waals surface area contributed by atoms with Gasteiger partial charge in [-0.2, -0.15) is 0 Å². The molecule has 23 heavy (non-hydrogen) atoms. The van der Waals surface area contributed by atoms with Gasteiger partial charge >= 0.3 is 0 Å². The number of benzene rings is 1. The lowest BCUT2D eigenvalue weighted by atomic mass is 10.2. The highest BCUT2D eigenvalue weighted by molar-refractivity contribution is 14.0. The minimum atomic E-state index is -0.402. The fourth-order valence-electron chi connectivity index (χ4n) is 1.89. The molecule has 6 nitrogen and oxygen atoms in total. The number of nitro groups is 1. The number of thiophene rings is 1. The predicted octanol–water partition coefficient (Wildman–Crippen LogP) is 3.45. The lowest BCUT2D eigenvalue weighted by Gasteiger charge is -2.11. The highest BCUT2D eigenvalue weighted by atomic mass is 127. The average molecular weight is 446 g/mol. The minimum Gasteiger partial charge on any atom is -0.352 e. The molecule has 2 aromatic rings. The molecule has 0 fully saturated rings. The summed E-state index contributed by atoms with van der Waals surface area (Å²) in [7, 11) is 1.71. The van der Waals surface area contributed by atoms with Crippen LogP contribution in [0.4, 0.5) is 5.69 Å². The van der Waals surface area contributed by atoms with Gasteiger partial charge in [0.15, 0.2) is 5.96 Å². The van der Waals surface area contributed by atoms with E-state index in [0.717, 1.165) is 12.1 Å². The van der Waals surface area contributed by atoms with Crippen LogP contribution in [0.2, 0.25) is 0 Å². The monoisotopic (exact) mass is 446 g/mol. The van der Waals surface area contributed by atoms with E-state index in [2.05, 4.69) is 34.7 Å². The van der Waals surface area contributed by atoms with Gasteiger partial charge in [0.1, 0.15) is 0 Å². The number of hydrogen-bond donors (Lipinski definition) is 2. The Kier molecular flexibility index (Phi) is 7.96. The van der Waals surface area contributed by atoms with E-state index in [0.29, 0.717) is 12.5 Å². The van der Waals surface area contributed by atoms with Gasteiger partial charge in [0, 0.05) is 35.5 Å². The van der Waals surface area contributed by atoms with Crippen molar-refractivity contribution in [2.24, 2.45) is 4.99 Å². The molecule has 8 heteroatoms. The Hall–Kier alpha value is -1.68. The first-order chi connectivity index (χ1) is 10.6. The van der Waals surface area contributed by atoms with Crippen LogP contribution in [0.1, 0.15) is 15.3 Å². The molecule has 124 valence electrons. The molecule has 0 aliphatic rings. The number of nitrogens with one attached hydrogen (secondary N) is 2. The van der Waals surface area contributed by atoms with Crippen molar-refractivity contribution in [3.8, 4) is 0 Å². The molecule has 0 aliphatic carbocycles. The summed E-state index contributed by atoms with van der Waals surface area (Å²) in [5.41, 5.74) is 1.06. The van der Waals surface area contributed by atoms with E-state index < -0.39 is 4.92 Å². The number of nitro benzene ring substituents is 1. The number of halogens is 1. The van der Waals surface area contributed by atoms with Crippen LogP contribution in [0, 0.1) is 17.0 Å². The normalized spacial score (nSPS) is 10.8. The molecule has 1 aromatic heterocycles. The second-order valence-electron chi connectivity index (χ2n) is 4.72. The highest BCUT2D eigenvalue weighted by Crippen LogP contribution is 2.14. The zero-order chi connectivity index (χ0) is 15.9. The highest BCUT2D eigenvalue weighted by Gasteiger charge is 2.05. The Labute approximate surface area is 156 Å². The summed E-state index contributed by atoms with van der Waals surface area (Å²) in [5.74, 6) is 0.699. The fourth-order valence-corrected chi connectivity index (χ4v) is 2.72. The fraction of sp³-hybridized carbons (Fsp3) is 0.267. The molecule has 0 aliphatic heterocycles. The number of non-ortho nitro benzene ring substituents is 1. The molecular formula is C15H19IN4O2S. The average Bonchev–Trinajstić information content (AvgIpc) is 2.93. The van der Waals surface area contributed by atoms with Gasteiger partial charge in [0.05, 0.1) is 11.5 Å². The molecule has 0 bridgehead atoms. The third kappa shape index (κ3) is 6.14. The van der Waals surface area contributed by atoms with Crippen molar-refractivity contribution >= 4 is 47.0 Å². The summed E-state index contributed by atoms with van der Waals surface area (Å²) >= 11 is 1.75. The number of aliphatic imine (C=N–C) groups is 1. The number of hydrogen-bond acceptors (Lipinski definition) is 4. The smallest absolute Gasteiger partial charge is 0.269 e. The van der Waals surface area contributed by atoms with Crippen LogP contribution in [-0.4, -0.2) is 17.9 Å². The minimum absolute atomic E-state index is 0. The first-order valence-corrected chi connectivity index (χ1v) is 7.63. The van der Waals surface area contributed by atoms with E-state index in [1.807, 2.05) is 0 Å². The van der Waals surface area contributed by atoms with Gasteiger partial charge in [-0.05, 0) is 24.6 Å². The molecule has 1 heterocycles. The Morgan fingerprint density at radius 2 is 1.83 bits per heavy atom. The zero-order valence-corrected chi connectivity index (χ0v) is 16.1. The van der Waals surface area contributed by atoms with Crippen molar-refractivity contribution in [1.82, 2.24) is 10.6 Å². The van der Waals surface area contributed by atoms with E-state index in [1.54, 1.807) is 30.5 Å². The van der Waals surface area contributed by atoms with Crippen LogP contribution < -0.4 is 10.6 Å². The molecular weight excluding hydrogens is 427 g/mol. The predicted molar refractivity (Wildman–Crippen MR) is 105 cm³/mol. The molecule has 0 saturated carbocycles. The van der Waals surface area contributed by atoms with Crippen LogP contribution in [-0.2, 0) is 13.1 Å². The summed E-state index contributed by atoms with van der Waals surface area (Å²) in [5, 5.41) is 17.0. The maximum absolute atomic E-state index is 10.6.